The van der Waals surface area contributed by atoms with E-state index in [1.54, 1.807) is 32.4 Å². The van der Waals surface area contributed by atoms with Crippen LogP contribution in [0.3, 0.4) is 0 Å². The Morgan fingerprint density at radius 1 is 1.00 bits per heavy atom. The summed E-state index contributed by atoms with van der Waals surface area (Å²) in [4.78, 5) is 14.7. The number of hydrogen-bond acceptors (Lipinski definition) is 4. The van der Waals surface area contributed by atoms with Gasteiger partial charge in [0, 0.05) is 36.4 Å². The van der Waals surface area contributed by atoms with E-state index < -0.39 is 0 Å². The number of methoxy groups -OCH3 is 2. The van der Waals surface area contributed by atoms with Gasteiger partial charge in [0.1, 0.15) is 0 Å². The summed E-state index contributed by atoms with van der Waals surface area (Å²) >= 11 is 5.89. The molecule has 0 saturated carbocycles. The molecule has 0 fully saturated rings. The second kappa shape index (κ2) is 11.2. The minimum Gasteiger partial charge on any atom is -0.493 e. The molecule has 0 spiro atoms. The largest absolute Gasteiger partial charge is 0.493 e. The third-order valence-corrected chi connectivity index (χ3v) is 6.28. The van der Waals surface area contributed by atoms with E-state index in [0.29, 0.717) is 5.02 Å². The van der Waals surface area contributed by atoms with Crippen molar-refractivity contribution in [2.45, 2.75) is 19.4 Å². The van der Waals surface area contributed by atoms with Gasteiger partial charge in [0.2, 0.25) is 5.91 Å². The highest BCUT2D eigenvalue weighted by atomic mass is 35.5. The Morgan fingerprint density at radius 3 is 2.35 bits per heavy atom. The van der Waals surface area contributed by atoms with E-state index in [-0.39, 0.29) is 5.91 Å². The summed E-state index contributed by atoms with van der Waals surface area (Å²) in [5, 5.41) is 3.58. The number of nitrogens with zero attached hydrogens (tertiary/aromatic N) is 1. The molecule has 176 valence electrons. The third kappa shape index (κ3) is 6.19. The highest BCUT2D eigenvalue weighted by Gasteiger charge is 2.19. The number of rotatable bonds is 8. The SMILES string of the molecule is COc1cc2c(cc1OC)CN(CCc1ccc(NC(=O)/C=C/c3ccc(Cl)cc3)cc1)CC2. The number of benzene rings is 3. The second-order valence-electron chi connectivity index (χ2n) is 8.32. The molecular weight excluding hydrogens is 448 g/mol. The summed E-state index contributed by atoms with van der Waals surface area (Å²) in [5.74, 6) is 1.41. The molecule has 1 aliphatic rings. The van der Waals surface area contributed by atoms with Gasteiger partial charge in [0.25, 0.3) is 0 Å². The van der Waals surface area contributed by atoms with Crippen LogP contribution >= 0.6 is 11.6 Å². The zero-order valence-electron chi connectivity index (χ0n) is 19.5. The number of carbonyl (C=O) groups is 1. The van der Waals surface area contributed by atoms with Gasteiger partial charge in [0.15, 0.2) is 11.5 Å². The number of halogens is 1. The summed E-state index contributed by atoms with van der Waals surface area (Å²) in [6.07, 6.45) is 5.25. The Kier molecular flexibility index (Phi) is 7.88. The smallest absolute Gasteiger partial charge is 0.248 e. The first kappa shape index (κ1) is 23.9. The normalized spacial score (nSPS) is 13.5. The average Bonchev–Trinajstić information content (AvgIpc) is 2.87. The highest BCUT2D eigenvalue weighted by Crippen LogP contribution is 2.33. The number of carbonyl (C=O) groups excluding carboxylic acids is 1. The molecule has 3 aromatic rings. The molecule has 0 atom stereocenters. The Balaban J connectivity index is 1.28. The summed E-state index contributed by atoms with van der Waals surface area (Å²) in [5.41, 5.74) is 5.58. The summed E-state index contributed by atoms with van der Waals surface area (Å²) in [6.45, 7) is 2.91. The Morgan fingerprint density at radius 2 is 1.68 bits per heavy atom. The van der Waals surface area contributed by atoms with Gasteiger partial charge in [-0.15, -0.1) is 0 Å². The fraction of sp³-hybridized carbons (Fsp3) is 0.250. The topological polar surface area (TPSA) is 50.8 Å². The van der Waals surface area contributed by atoms with Gasteiger partial charge in [-0.1, -0.05) is 35.9 Å². The van der Waals surface area contributed by atoms with Gasteiger partial charge in [-0.05, 0) is 77.6 Å². The van der Waals surface area contributed by atoms with Gasteiger partial charge < -0.3 is 14.8 Å². The van der Waals surface area contributed by atoms with Crippen molar-refractivity contribution < 1.29 is 14.3 Å². The van der Waals surface area contributed by atoms with Crippen molar-refractivity contribution in [2.24, 2.45) is 0 Å². The molecular formula is C28H29ClN2O3. The first-order valence-electron chi connectivity index (χ1n) is 11.3. The van der Waals surface area contributed by atoms with E-state index in [4.69, 9.17) is 21.1 Å². The predicted molar refractivity (Wildman–Crippen MR) is 138 cm³/mol. The number of anilines is 1. The third-order valence-electron chi connectivity index (χ3n) is 6.03. The molecule has 1 amide bonds. The van der Waals surface area contributed by atoms with Crippen LogP contribution in [-0.2, 0) is 24.2 Å². The standard InChI is InChI=1S/C28H29ClN2O3/c1-33-26-17-22-14-16-31(19-23(22)18-27(26)34-2)15-13-21-5-10-25(11-6-21)30-28(32)12-7-20-3-8-24(29)9-4-20/h3-12,17-18H,13-16,19H2,1-2H3,(H,30,32)/b12-7+. The van der Waals surface area contributed by atoms with Crippen LogP contribution in [0.5, 0.6) is 11.5 Å². The maximum absolute atomic E-state index is 12.2. The minimum absolute atomic E-state index is 0.165. The lowest BCUT2D eigenvalue weighted by molar-refractivity contribution is -0.111. The number of nitrogens with one attached hydrogen (secondary N) is 1. The lowest BCUT2D eigenvalue weighted by Gasteiger charge is -2.29. The summed E-state index contributed by atoms with van der Waals surface area (Å²) in [6, 6.07) is 19.6. The van der Waals surface area contributed by atoms with Crippen molar-refractivity contribution in [1.29, 1.82) is 0 Å². The zero-order valence-corrected chi connectivity index (χ0v) is 20.3. The van der Waals surface area contributed by atoms with Crippen molar-refractivity contribution in [3.63, 3.8) is 0 Å². The molecule has 34 heavy (non-hydrogen) atoms. The van der Waals surface area contributed by atoms with Crippen LogP contribution in [0.1, 0.15) is 22.3 Å². The average molecular weight is 477 g/mol. The van der Waals surface area contributed by atoms with Crippen molar-refractivity contribution in [3.05, 3.63) is 94.0 Å². The van der Waals surface area contributed by atoms with E-state index in [1.807, 2.05) is 24.3 Å². The van der Waals surface area contributed by atoms with E-state index in [2.05, 4.69) is 34.5 Å². The maximum atomic E-state index is 12.2. The number of ether oxygens (including phenoxy) is 2. The van der Waals surface area contributed by atoms with Crippen LogP contribution in [0.4, 0.5) is 5.69 Å². The lowest BCUT2D eigenvalue weighted by atomic mass is 9.98. The zero-order chi connectivity index (χ0) is 23.9. The van der Waals surface area contributed by atoms with Crippen LogP contribution < -0.4 is 14.8 Å². The van der Waals surface area contributed by atoms with Crippen LogP contribution in [0.25, 0.3) is 6.08 Å². The van der Waals surface area contributed by atoms with Gasteiger partial charge in [-0.25, -0.2) is 0 Å². The minimum atomic E-state index is -0.165. The molecule has 1 aliphatic heterocycles. The Hall–Kier alpha value is -3.28. The van der Waals surface area contributed by atoms with E-state index in [1.165, 1.54) is 22.8 Å². The predicted octanol–water partition coefficient (Wildman–Crippen LogP) is 5.61. The van der Waals surface area contributed by atoms with Crippen LogP contribution in [-0.4, -0.2) is 38.1 Å². The quantitative estimate of drug-likeness (QED) is 0.429. The molecule has 0 unspecified atom stereocenters. The first-order chi connectivity index (χ1) is 16.5. The maximum Gasteiger partial charge on any atom is 0.248 e. The number of amides is 1. The Bertz CT molecular complexity index is 1160. The molecule has 6 heteroatoms. The van der Waals surface area contributed by atoms with Gasteiger partial charge in [-0.2, -0.15) is 0 Å². The van der Waals surface area contributed by atoms with Gasteiger partial charge >= 0.3 is 0 Å². The Labute approximate surface area is 206 Å². The molecule has 5 nitrogen and oxygen atoms in total. The van der Waals surface area contributed by atoms with Crippen molar-refractivity contribution in [3.8, 4) is 11.5 Å². The molecule has 0 radical (unpaired) electrons. The van der Waals surface area contributed by atoms with Crippen molar-refractivity contribution >= 4 is 29.3 Å². The monoisotopic (exact) mass is 476 g/mol. The molecule has 3 aromatic carbocycles. The number of hydrogen-bond donors (Lipinski definition) is 1. The van der Waals surface area contributed by atoms with Gasteiger partial charge in [-0.3, -0.25) is 9.69 Å². The van der Waals surface area contributed by atoms with Crippen molar-refractivity contribution in [2.75, 3.05) is 32.6 Å². The van der Waals surface area contributed by atoms with Crippen LogP contribution in [0, 0.1) is 0 Å². The summed E-state index contributed by atoms with van der Waals surface area (Å²) < 4.78 is 10.9. The molecule has 0 aliphatic carbocycles. The van der Waals surface area contributed by atoms with E-state index in [0.717, 1.165) is 55.2 Å². The highest BCUT2D eigenvalue weighted by molar-refractivity contribution is 6.30. The number of fused-ring (bicyclic) bond motifs is 1. The van der Waals surface area contributed by atoms with E-state index in [9.17, 15) is 4.79 Å². The second-order valence-corrected chi connectivity index (χ2v) is 8.76. The molecule has 0 bridgehead atoms. The molecule has 0 saturated heterocycles. The molecule has 1 heterocycles. The first-order valence-corrected chi connectivity index (χ1v) is 11.7. The lowest BCUT2D eigenvalue weighted by Crippen LogP contribution is -2.32. The fourth-order valence-electron chi connectivity index (χ4n) is 4.10. The van der Waals surface area contributed by atoms with Crippen LogP contribution in [0.2, 0.25) is 5.02 Å². The molecule has 0 aromatic heterocycles. The van der Waals surface area contributed by atoms with Crippen molar-refractivity contribution in [1.82, 2.24) is 4.90 Å². The fourth-order valence-corrected chi connectivity index (χ4v) is 4.23. The van der Waals surface area contributed by atoms with Gasteiger partial charge in [0.05, 0.1) is 14.2 Å². The molecule has 1 N–H and O–H groups in total. The van der Waals surface area contributed by atoms with E-state index >= 15 is 0 Å². The molecule has 4 rings (SSSR count). The van der Waals surface area contributed by atoms with Crippen LogP contribution in [0.15, 0.2) is 66.7 Å². The summed E-state index contributed by atoms with van der Waals surface area (Å²) in [7, 11) is 3.35.